The highest BCUT2D eigenvalue weighted by molar-refractivity contribution is 5.76. The third-order valence-corrected chi connectivity index (χ3v) is 3.92. The maximum atomic E-state index is 11.8. The van der Waals surface area contributed by atoms with E-state index in [1.165, 1.54) is 12.8 Å². The molecular formula is C15H30N2O3. The van der Waals surface area contributed by atoms with Gasteiger partial charge in [0.25, 0.3) is 0 Å². The van der Waals surface area contributed by atoms with Crippen LogP contribution in [0.15, 0.2) is 0 Å². The highest BCUT2D eigenvalue weighted by Crippen LogP contribution is 2.23. The number of hydrogen-bond donors (Lipinski definition) is 2. The maximum Gasteiger partial charge on any atom is 0.220 e. The number of rotatable bonds is 10. The molecule has 2 N–H and O–H groups in total. The van der Waals surface area contributed by atoms with E-state index in [1.807, 2.05) is 0 Å². The van der Waals surface area contributed by atoms with Crippen LogP contribution in [0.2, 0.25) is 0 Å². The minimum atomic E-state index is 0.174. The zero-order valence-electron chi connectivity index (χ0n) is 13.0. The quantitative estimate of drug-likeness (QED) is 0.592. The normalized spacial score (nSPS) is 17.9. The molecule has 1 fully saturated rings. The summed E-state index contributed by atoms with van der Waals surface area (Å²) in [7, 11) is 1.66. The molecule has 1 aliphatic heterocycles. The zero-order valence-corrected chi connectivity index (χ0v) is 13.0. The van der Waals surface area contributed by atoms with Crippen molar-refractivity contribution in [2.45, 2.75) is 32.6 Å². The van der Waals surface area contributed by atoms with Gasteiger partial charge in [-0.3, -0.25) is 4.79 Å². The third-order valence-electron chi connectivity index (χ3n) is 3.92. The highest BCUT2D eigenvalue weighted by atomic mass is 16.5. The molecule has 5 nitrogen and oxygen atoms in total. The van der Waals surface area contributed by atoms with Gasteiger partial charge in [-0.25, -0.2) is 0 Å². The Balaban J connectivity index is 1.99. The number of nitrogens with one attached hydrogen (secondary N) is 2. The lowest BCUT2D eigenvalue weighted by Crippen LogP contribution is -2.33. The minimum absolute atomic E-state index is 0.174. The van der Waals surface area contributed by atoms with Gasteiger partial charge >= 0.3 is 0 Å². The second kappa shape index (κ2) is 11.1. The van der Waals surface area contributed by atoms with Crippen LogP contribution in [0, 0.1) is 11.8 Å². The monoisotopic (exact) mass is 286 g/mol. The number of amides is 1. The first-order valence-electron chi connectivity index (χ1n) is 7.78. The predicted octanol–water partition coefficient (Wildman–Crippen LogP) is 1.18. The lowest BCUT2D eigenvalue weighted by Gasteiger charge is -2.27. The van der Waals surface area contributed by atoms with Crippen LogP contribution in [-0.2, 0) is 14.3 Å². The molecule has 5 heteroatoms. The topological polar surface area (TPSA) is 59.6 Å². The molecule has 1 amide bonds. The number of hydrogen-bond acceptors (Lipinski definition) is 4. The number of ether oxygens (including phenoxy) is 2. The fraction of sp³-hybridized carbons (Fsp3) is 0.933. The van der Waals surface area contributed by atoms with Crippen molar-refractivity contribution in [1.82, 2.24) is 10.6 Å². The Kier molecular flexibility index (Phi) is 9.62. The highest BCUT2D eigenvalue weighted by Gasteiger charge is 2.21. The van der Waals surface area contributed by atoms with E-state index in [1.54, 1.807) is 7.11 Å². The maximum absolute atomic E-state index is 11.8. The van der Waals surface area contributed by atoms with Crippen molar-refractivity contribution in [3.05, 3.63) is 0 Å². The summed E-state index contributed by atoms with van der Waals surface area (Å²) in [6.07, 6.45) is 3.90. The molecule has 1 aliphatic rings. The average Bonchev–Trinajstić information content (AvgIpc) is 2.47. The lowest BCUT2D eigenvalue weighted by atomic mass is 9.84. The largest absolute Gasteiger partial charge is 0.382 e. The molecule has 0 bridgehead atoms. The van der Waals surface area contributed by atoms with Gasteiger partial charge < -0.3 is 20.1 Å². The van der Waals surface area contributed by atoms with Gasteiger partial charge in [0, 0.05) is 26.7 Å². The standard InChI is InChI=1S/C15H30N2O3/c1-13(14-4-7-16-8-5-14)12-15(18)17-6-3-9-20-11-10-19-2/h13-14,16H,3-12H2,1-2H3,(H,17,18). The number of piperidine rings is 1. The Bertz CT molecular complexity index is 256. The molecular weight excluding hydrogens is 256 g/mol. The number of carbonyl (C=O) groups excluding carboxylic acids is 1. The van der Waals surface area contributed by atoms with Crippen LogP contribution in [0.25, 0.3) is 0 Å². The van der Waals surface area contributed by atoms with E-state index in [0.717, 1.165) is 19.5 Å². The van der Waals surface area contributed by atoms with Gasteiger partial charge in [-0.15, -0.1) is 0 Å². The van der Waals surface area contributed by atoms with Crippen molar-refractivity contribution < 1.29 is 14.3 Å². The average molecular weight is 286 g/mol. The summed E-state index contributed by atoms with van der Waals surface area (Å²) in [5.41, 5.74) is 0. The molecule has 0 spiro atoms. The summed E-state index contributed by atoms with van der Waals surface area (Å²) in [5, 5.41) is 6.34. The second-order valence-corrected chi connectivity index (χ2v) is 5.58. The summed E-state index contributed by atoms with van der Waals surface area (Å²) in [5.74, 6) is 1.35. The Hall–Kier alpha value is -0.650. The summed E-state index contributed by atoms with van der Waals surface area (Å²) >= 11 is 0. The van der Waals surface area contributed by atoms with Gasteiger partial charge in [-0.2, -0.15) is 0 Å². The van der Waals surface area contributed by atoms with Crippen LogP contribution in [0.1, 0.15) is 32.6 Å². The molecule has 118 valence electrons. The van der Waals surface area contributed by atoms with Gasteiger partial charge in [0.1, 0.15) is 0 Å². The predicted molar refractivity (Wildman–Crippen MR) is 79.7 cm³/mol. The van der Waals surface area contributed by atoms with E-state index in [4.69, 9.17) is 9.47 Å². The molecule has 1 atom stereocenters. The van der Waals surface area contributed by atoms with Crippen molar-refractivity contribution in [2.24, 2.45) is 11.8 Å². The van der Waals surface area contributed by atoms with Crippen molar-refractivity contribution in [1.29, 1.82) is 0 Å². The van der Waals surface area contributed by atoms with Crippen LogP contribution in [0.4, 0.5) is 0 Å². The van der Waals surface area contributed by atoms with E-state index < -0.39 is 0 Å². The van der Waals surface area contributed by atoms with Crippen molar-refractivity contribution >= 4 is 5.91 Å². The fourth-order valence-electron chi connectivity index (χ4n) is 2.59. The molecule has 1 heterocycles. The molecule has 0 aromatic carbocycles. The van der Waals surface area contributed by atoms with Gasteiger partial charge in [0.2, 0.25) is 5.91 Å². The lowest BCUT2D eigenvalue weighted by molar-refractivity contribution is -0.122. The first-order valence-corrected chi connectivity index (χ1v) is 7.78. The van der Waals surface area contributed by atoms with Crippen LogP contribution in [-0.4, -0.2) is 52.5 Å². The van der Waals surface area contributed by atoms with Crippen LogP contribution < -0.4 is 10.6 Å². The molecule has 20 heavy (non-hydrogen) atoms. The Labute approximate surface area is 122 Å². The van der Waals surface area contributed by atoms with Gasteiger partial charge in [0.15, 0.2) is 0 Å². The molecule has 0 radical (unpaired) electrons. The molecule has 1 saturated heterocycles. The zero-order chi connectivity index (χ0) is 14.6. The SMILES string of the molecule is COCCOCCCNC(=O)CC(C)C1CCNCC1. The summed E-state index contributed by atoms with van der Waals surface area (Å²) in [6.45, 7) is 7.00. The molecule has 0 saturated carbocycles. The Morgan fingerprint density at radius 1 is 1.30 bits per heavy atom. The smallest absolute Gasteiger partial charge is 0.220 e. The van der Waals surface area contributed by atoms with E-state index >= 15 is 0 Å². The third kappa shape index (κ3) is 7.82. The Morgan fingerprint density at radius 2 is 2.05 bits per heavy atom. The van der Waals surface area contributed by atoms with Crippen molar-refractivity contribution in [3.8, 4) is 0 Å². The van der Waals surface area contributed by atoms with Crippen LogP contribution in [0.5, 0.6) is 0 Å². The van der Waals surface area contributed by atoms with E-state index in [2.05, 4.69) is 17.6 Å². The first kappa shape index (κ1) is 17.4. The molecule has 0 aromatic heterocycles. The van der Waals surface area contributed by atoms with E-state index in [-0.39, 0.29) is 5.91 Å². The van der Waals surface area contributed by atoms with Crippen LogP contribution >= 0.6 is 0 Å². The summed E-state index contributed by atoms with van der Waals surface area (Å²) in [6, 6.07) is 0. The van der Waals surface area contributed by atoms with Gasteiger partial charge in [-0.05, 0) is 44.2 Å². The molecule has 0 aromatic rings. The van der Waals surface area contributed by atoms with Crippen molar-refractivity contribution in [2.75, 3.05) is 46.6 Å². The number of carbonyl (C=O) groups is 1. The van der Waals surface area contributed by atoms with Crippen LogP contribution in [0.3, 0.4) is 0 Å². The fourth-order valence-corrected chi connectivity index (χ4v) is 2.59. The summed E-state index contributed by atoms with van der Waals surface area (Å²) < 4.78 is 10.2. The molecule has 1 unspecified atom stereocenters. The van der Waals surface area contributed by atoms with E-state index in [0.29, 0.717) is 44.6 Å². The minimum Gasteiger partial charge on any atom is -0.382 e. The molecule has 0 aliphatic carbocycles. The van der Waals surface area contributed by atoms with Gasteiger partial charge in [-0.1, -0.05) is 6.92 Å². The summed E-state index contributed by atoms with van der Waals surface area (Å²) in [4.78, 5) is 11.8. The number of methoxy groups -OCH3 is 1. The Morgan fingerprint density at radius 3 is 2.75 bits per heavy atom. The van der Waals surface area contributed by atoms with E-state index in [9.17, 15) is 4.79 Å². The van der Waals surface area contributed by atoms with Gasteiger partial charge in [0.05, 0.1) is 13.2 Å². The molecule has 1 rings (SSSR count). The first-order chi connectivity index (χ1) is 9.74. The second-order valence-electron chi connectivity index (χ2n) is 5.58. The van der Waals surface area contributed by atoms with Crippen molar-refractivity contribution in [3.63, 3.8) is 0 Å².